The van der Waals surface area contributed by atoms with Gasteiger partial charge in [0.2, 0.25) is 0 Å². The summed E-state index contributed by atoms with van der Waals surface area (Å²) in [6, 6.07) is 20.9. The second kappa shape index (κ2) is 8.07. The smallest absolute Gasteiger partial charge is 0.267 e. The Hall–Kier alpha value is -2.79. The highest BCUT2D eigenvalue weighted by Crippen LogP contribution is 2.19. The summed E-state index contributed by atoms with van der Waals surface area (Å²) in [6.45, 7) is 6.92. The van der Waals surface area contributed by atoms with E-state index < -0.39 is 0 Å². The van der Waals surface area contributed by atoms with Gasteiger partial charge in [-0.15, -0.1) is 0 Å². The lowest BCUT2D eigenvalue weighted by Crippen LogP contribution is -2.52. The van der Waals surface area contributed by atoms with Crippen molar-refractivity contribution in [2.24, 2.45) is 7.05 Å². The average molecular weight is 377 g/mol. The van der Waals surface area contributed by atoms with E-state index in [-0.39, 0.29) is 5.91 Å². The van der Waals surface area contributed by atoms with Gasteiger partial charge < -0.3 is 14.8 Å². The fourth-order valence-electron chi connectivity index (χ4n) is 4.03. The highest BCUT2D eigenvalue weighted by atomic mass is 16.1. The zero-order chi connectivity index (χ0) is 19.5. The number of rotatable bonds is 5. The van der Waals surface area contributed by atoms with Crippen LogP contribution in [0.3, 0.4) is 0 Å². The van der Waals surface area contributed by atoms with Crippen molar-refractivity contribution >= 4 is 22.5 Å². The fraction of sp³-hybridized carbons (Fsp3) is 0.348. The summed E-state index contributed by atoms with van der Waals surface area (Å²) < 4.78 is 1.97. The van der Waals surface area contributed by atoms with E-state index in [4.69, 9.17) is 0 Å². The number of amides is 1. The first kappa shape index (κ1) is 18.6. The van der Waals surface area contributed by atoms with Gasteiger partial charge in [0.25, 0.3) is 5.91 Å². The van der Waals surface area contributed by atoms with Crippen LogP contribution in [0.1, 0.15) is 17.4 Å². The fourth-order valence-corrected chi connectivity index (χ4v) is 4.03. The van der Waals surface area contributed by atoms with Gasteiger partial charge in [-0.25, -0.2) is 0 Å². The molecule has 5 nitrogen and oxygen atoms in total. The first-order valence-corrected chi connectivity index (χ1v) is 10.00. The Morgan fingerprint density at radius 3 is 2.39 bits per heavy atom. The number of nitrogens with one attached hydrogen (secondary N) is 1. The maximum absolute atomic E-state index is 12.7. The summed E-state index contributed by atoms with van der Waals surface area (Å²) in [7, 11) is 1.95. The highest BCUT2D eigenvalue weighted by molar-refractivity contribution is 5.98. The molecule has 2 heterocycles. The number of anilines is 1. The van der Waals surface area contributed by atoms with Crippen LogP contribution in [0.5, 0.6) is 0 Å². The first-order chi connectivity index (χ1) is 13.6. The Bertz CT molecular complexity index is 942. The number of aromatic nitrogens is 1. The standard InChI is InChI=1S/C23H28N4O/c1-18(26-12-14-27(15-13-26)20-9-4-3-5-10-20)17-24-23(28)22-16-19-8-6-7-11-21(19)25(22)2/h3-11,16,18H,12-15,17H2,1-2H3,(H,24,28). The van der Waals surface area contributed by atoms with Crippen molar-refractivity contribution in [2.75, 3.05) is 37.6 Å². The minimum atomic E-state index is -0.00604. The van der Waals surface area contributed by atoms with Gasteiger partial charge in [-0.1, -0.05) is 36.4 Å². The van der Waals surface area contributed by atoms with Gasteiger partial charge in [0, 0.05) is 62.4 Å². The summed E-state index contributed by atoms with van der Waals surface area (Å²) in [5, 5.41) is 4.22. The molecule has 146 valence electrons. The molecule has 3 aromatic rings. The van der Waals surface area contributed by atoms with Gasteiger partial charge in [0.1, 0.15) is 5.69 Å². The highest BCUT2D eigenvalue weighted by Gasteiger charge is 2.22. The molecule has 1 aliphatic heterocycles. The molecule has 1 unspecified atom stereocenters. The predicted octanol–water partition coefficient (Wildman–Crippen LogP) is 3.12. The number of hydrogen-bond acceptors (Lipinski definition) is 3. The molecule has 4 rings (SSSR count). The topological polar surface area (TPSA) is 40.5 Å². The largest absolute Gasteiger partial charge is 0.369 e. The SMILES string of the molecule is CC(CNC(=O)c1cc2ccccc2n1C)N1CCN(c2ccccc2)CC1. The van der Waals surface area contributed by atoms with Crippen LogP contribution < -0.4 is 10.2 Å². The van der Waals surface area contributed by atoms with Gasteiger partial charge in [0.05, 0.1) is 0 Å². The third-order valence-electron chi connectivity index (χ3n) is 5.80. The predicted molar refractivity (Wildman–Crippen MR) is 115 cm³/mol. The van der Waals surface area contributed by atoms with Crippen LogP contribution in [0, 0.1) is 0 Å². The zero-order valence-electron chi connectivity index (χ0n) is 16.6. The molecule has 1 aromatic heterocycles. The van der Waals surface area contributed by atoms with E-state index in [9.17, 15) is 4.79 Å². The molecule has 1 N–H and O–H groups in total. The molecule has 28 heavy (non-hydrogen) atoms. The van der Waals surface area contributed by atoms with E-state index >= 15 is 0 Å². The summed E-state index contributed by atoms with van der Waals surface area (Å²) in [5.74, 6) is -0.00604. The molecule has 2 aromatic carbocycles. The average Bonchev–Trinajstić information content (AvgIpc) is 3.09. The van der Waals surface area contributed by atoms with Crippen molar-refractivity contribution in [1.29, 1.82) is 0 Å². The number of fused-ring (bicyclic) bond motifs is 1. The van der Waals surface area contributed by atoms with Gasteiger partial charge in [-0.3, -0.25) is 9.69 Å². The second-order valence-electron chi connectivity index (χ2n) is 7.57. The lowest BCUT2D eigenvalue weighted by Gasteiger charge is -2.39. The van der Waals surface area contributed by atoms with E-state index in [1.165, 1.54) is 5.69 Å². The molecular formula is C23H28N4O. The molecule has 5 heteroatoms. The van der Waals surface area contributed by atoms with Gasteiger partial charge in [-0.2, -0.15) is 0 Å². The Morgan fingerprint density at radius 1 is 1.00 bits per heavy atom. The number of piperazine rings is 1. The van der Waals surface area contributed by atoms with E-state index in [0.717, 1.165) is 37.1 Å². The van der Waals surface area contributed by atoms with Crippen LogP contribution in [-0.4, -0.2) is 54.1 Å². The maximum Gasteiger partial charge on any atom is 0.267 e. The second-order valence-corrected chi connectivity index (χ2v) is 7.57. The van der Waals surface area contributed by atoms with Gasteiger partial charge in [0.15, 0.2) is 0 Å². The van der Waals surface area contributed by atoms with Crippen molar-refractivity contribution in [3.63, 3.8) is 0 Å². The molecule has 1 atom stereocenters. The van der Waals surface area contributed by atoms with Crippen LogP contribution in [0.2, 0.25) is 0 Å². The third kappa shape index (κ3) is 3.76. The number of carbonyl (C=O) groups is 1. The van der Waals surface area contributed by atoms with Crippen LogP contribution in [0.4, 0.5) is 5.69 Å². The van der Waals surface area contributed by atoms with Crippen molar-refractivity contribution < 1.29 is 4.79 Å². The number of para-hydroxylation sites is 2. The summed E-state index contributed by atoms with van der Waals surface area (Å²) in [4.78, 5) is 17.6. The first-order valence-electron chi connectivity index (χ1n) is 10.00. The molecule has 0 bridgehead atoms. The van der Waals surface area contributed by atoms with Crippen LogP contribution in [0.15, 0.2) is 60.7 Å². The quantitative estimate of drug-likeness (QED) is 0.744. The van der Waals surface area contributed by atoms with Crippen LogP contribution in [-0.2, 0) is 7.05 Å². The van der Waals surface area contributed by atoms with Crippen molar-refractivity contribution in [3.8, 4) is 0 Å². The summed E-state index contributed by atoms with van der Waals surface area (Å²) in [5.41, 5.74) is 3.08. The molecule has 0 spiro atoms. The Labute approximate surface area is 166 Å². The van der Waals surface area contributed by atoms with Crippen LogP contribution >= 0.6 is 0 Å². The minimum Gasteiger partial charge on any atom is -0.369 e. The molecule has 0 radical (unpaired) electrons. The van der Waals surface area contributed by atoms with E-state index in [1.54, 1.807) is 0 Å². The molecular weight excluding hydrogens is 348 g/mol. The Morgan fingerprint density at radius 2 is 1.68 bits per heavy atom. The number of carbonyl (C=O) groups excluding carboxylic acids is 1. The lowest BCUT2D eigenvalue weighted by molar-refractivity contribution is 0.0926. The maximum atomic E-state index is 12.7. The molecule has 1 amide bonds. The number of benzene rings is 2. The molecule has 1 aliphatic rings. The van der Waals surface area contributed by atoms with Gasteiger partial charge >= 0.3 is 0 Å². The zero-order valence-corrected chi connectivity index (χ0v) is 16.6. The molecule has 0 aliphatic carbocycles. The van der Waals surface area contributed by atoms with Crippen molar-refractivity contribution in [3.05, 3.63) is 66.4 Å². The summed E-state index contributed by atoms with van der Waals surface area (Å²) >= 11 is 0. The van der Waals surface area contributed by atoms with Crippen molar-refractivity contribution in [2.45, 2.75) is 13.0 Å². The lowest BCUT2D eigenvalue weighted by atomic mass is 10.2. The number of aryl methyl sites for hydroxylation is 1. The molecule has 1 saturated heterocycles. The monoisotopic (exact) mass is 376 g/mol. The van der Waals surface area contributed by atoms with Gasteiger partial charge in [-0.05, 0) is 31.2 Å². The normalized spacial score (nSPS) is 16.3. The Kier molecular flexibility index (Phi) is 5.35. The van der Waals surface area contributed by atoms with E-state index in [0.29, 0.717) is 18.3 Å². The van der Waals surface area contributed by atoms with Crippen molar-refractivity contribution in [1.82, 2.24) is 14.8 Å². The number of hydrogen-bond donors (Lipinski definition) is 1. The molecule has 1 fully saturated rings. The molecule has 0 saturated carbocycles. The number of nitrogens with zero attached hydrogens (tertiary/aromatic N) is 3. The van der Waals surface area contributed by atoms with Crippen LogP contribution in [0.25, 0.3) is 10.9 Å². The van der Waals surface area contributed by atoms with E-state index in [1.807, 2.05) is 41.9 Å². The summed E-state index contributed by atoms with van der Waals surface area (Å²) in [6.07, 6.45) is 0. The minimum absolute atomic E-state index is 0.00604. The third-order valence-corrected chi connectivity index (χ3v) is 5.80. The van der Waals surface area contributed by atoms with E-state index in [2.05, 4.69) is 52.4 Å². The Balaban J connectivity index is 1.31.